The normalized spacial score (nSPS) is 11.1. The average Bonchev–Trinajstić information content (AvgIpc) is 3.39. The van der Waals surface area contributed by atoms with Crippen LogP contribution >= 0.6 is 0 Å². The second-order valence-corrected chi connectivity index (χ2v) is 6.49. The van der Waals surface area contributed by atoms with Crippen molar-refractivity contribution in [2.45, 2.75) is 13.0 Å². The zero-order chi connectivity index (χ0) is 22.5. The molecule has 154 valence electrons. The second kappa shape index (κ2) is 8.95. The maximum Gasteiger partial charge on any atom is 0.268 e. The van der Waals surface area contributed by atoms with Gasteiger partial charge in [0.15, 0.2) is 11.9 Å². The molecule has 1 atom stereocenters. The molecule has 0 saturated carbocycles. The van der Waals surface area contributed by atoms with Crippen LogP contribution in [0.25, 0.3) is 22.4 Å². The van der Waals surface area contributed by atoms with E-state index < -0.39 is 12.0 Å². The highest BCUT2D eigenvalue weighted by atomic mass is 16.4. The number of hydrogen-bond donors (Lipinski definition) is 2. The summed E-state index contributed by atoms with van der Waals surface area (Å²) in [4.78, 5) is 24.7. The number of benzene rings is 1. The number of nitrogens with two attached hydrogens (primary N) is 1. The Bertz CT molecular complexity index is 1340. The number of oxazole rings is 1. The lowest BCUT2D eigenvalue weighted by Crippen LogP contribution is -2.14. The molecule has 1 amide bonds. The van der Waals surface area contributed by atoms with Gasteiger partial charge in [-0.25, -0.2) is 15.0 Å². The van der Waals surface area contributed by atoms with Gasteiger partial charge in [-0.05, 0) is 25.1 Å². The van der Waals surface area contributed by atoms with E-state index in [2.05, 4.69) is 39.6 Å². The number of aliphatic hydroxyl groups excluding tert-OH is 1. The first-order chi connectivity index (χ1) is 14.9. The lowest BCUT2D eigenvalue weighted by Gasteiger charge is -2.06. The number of nitrogens with zero attached hydrogens (tertiary/aromatic N) is 4. The van der Waals surface area contributed by atoms with Gasteiger partial charge in [0.2, 0.25) is 5.89 Å². The Morgan fingerprint density at radius 1 is 1.29 bits per heavy atom. The third kappa shape index (κ3) is 4.45. The zero-order valence-corrected chi connectivity index (χ0v) is 16.9. The summed E-state index contributed by atoms with van der Waals surface area (Å²) in [6, 6.07) is 8.93. The van der Waals surface area contributed by atoms with E-state index in [-0.39, 0.29) is 11.6 Å². The molecule has 8 nitrogen and oxygen atoms in total. The van der Waals surface area contributed by atoms with Gasteiger partial charge >= 0.3 is 0 Å². The van der Waals surface area contributed by atoms with Gasteiger partial charge in [-0.15, -0.1) is 12.8 Å². The van der Waals surface area contributed by atoms with Crippen molar-refractivity contribution >= 4 is 16.9 Å². The van der Waals surface area contributed by atoms with Gasteiger partial charge < -0.3 is 19.8 Å². The van der Waals surface area contributed by atoms with Crippen LogP contribution in [0.15, 0.2) is 47.1 Å². The monoisotopic (exact) mass is 413 g/mol. The van der Waals surface area contributed by atoms with Crippen molar-refractivity contribution in [3.05, 3.63) is 65.6 Å². The van der Waals surface area contributed by atoms with Crippen LogP contribution in [0, 0.1) is 31.6 Å². The fraction of sp³-hybridized carbons (Fsp3) is 0.130. The topological polar surface area (TPSA) is 120 Å². The van der Waals surface area contributed by atoms with Gasteiger partial charge in [0.1, 0.15) is 17.1 Å². The van der Waals surface area contributed by atoms with Gasteiger partial charge in [0.25, 0.3) is 5.91 Å². The smallest absolute Gasteiger partial charge is 0.268 e. The van der Waals surface area contributed by atoms with Crippen LogP contribution in [-0.2, 0) is 7.05 Å². The van der Waals surface area contributed by atoms with Crippen molar-refractivity contribution < 1.29 is 14.3 Å². The largest absolute Gasteiger partial charge is 0.442 e. The Balaban J connectivity index is 0.00000132. The van der Waals surface area contributed by atoms with Crippen LogP contribution in [-0.4, -0.2) is 30.5 Å². The first-order valence-corrected chi connectivity index (χ1v) is 9.11. The predicted molar refractivity (Wildman–Crippen MR) is 115 cm³/mol. The lowest BCUT2D eigenvalue weighted by molar-refractivity contribution is 0.0997. The number of fused-ring (bicyclic) bond motifs is 1. The SMILES string of the molecule is C#C.Cc1cnc([C@@H](O)C#Cc2cccc(-c3nc(C(N)=O)c4ccn(C)c4n3)c2)o1. The summed E-state index contributed by atoms with van der Waals surface area (Å²) in [6.45, 7) is 1.74. The highest BCUT2D eigenvalue weighted by molar-refractivity contribution is 6.03. The average molecular weight is 413 g/mol. The first-order valence-electron chi connectivity index (χ1n) is 9.11. The number of aryl methyl sites for hydroxylation is 2. The van der Waals surface area contributed by atoms with Crippen LogP contribution in [0.2, 0.25) is 0 Å². The van der Waals surface area contributed by atoms with Crippen molar-refractivity contribution in [1.29, 1.82) is 0 Å². The standard InChI is InChI=1S/C21H17N5O3.C2H2/c1-12-11-23-21(29-12)16(27)7-6-13-4-3-5-14(10-13)19-24-17(18(22)28)15-8-9-26(2)20(15)25-19;1-2/h3-5,8-11,16,27H,1-2H3,(H2,22,28);1-2H/t16-;/m0./s1. The number of primary amides is 1. The molecule has 1 aromatic carbocycles. The lowest BCUT2D eigenvalue weighted by atomic mass is 10.1. The summed E-state index contributed by atoms with van der Waals surface area (Å²) in [5, 5.41) is 10.7. The Hall–Kier alpha value is -4.40. The van der Waals surface area contributed by atoms with E-state index >= 15 is 0 Å². The van der Waals surface area contributed by atoms with Gasteiger partial charge in [0, 0.05) is 24.4 Å². The molecule has 0 aliphatic carbocycles. The van der Waals surface area contributed by atoms with E-state index in [0.29, 0.717) is 33.7 Å². The quantitative estimate of drug-likeness (QED) is 0.498. The summed E-state index contributed by atoms with van der Waals surface area (Å²) in [7, 11) is 1.83. The maximum atomic E-state index is 11.8. The number of hydrogen-bond acceptors (Lipinski definition) is 6. The van der Waals surface area contributed by atoms with Crippen molar-refractivity contribution in [2.75, 3.05) is 0 Å². The Morgan fingerprint density at radius 2 is 2.06 bits per heavy atom. The van der Waals surface area contributed by atoms with Crippen LogP contribution in [0.4, 0.5) is 0 Å². The zero-order valence-electron chi connectivity index (χ0n) is 16.9. The van der Waals surface area contributed by atoms with E-state index in [1.54, 1.807) is 42.0 Å². The fourth-order valence-electron chi connectivity index (χ4n) is 2.90. The number of rotatable bonds is 3. The van der Waals surface area contributed by atoms with Crippen molar-refractivity contribution in [3.63, 3.8) is 0 Å². The van der Waals surface area contributed by atoms with Gasteiger partial charge in [-0.1, -0.05) is 24.0 Å². The summed E-state index contributed by atoms with van der Waals surface area (Å²) < 4.78 is 7.07. The third-order valence-electron chi connectivity index (χ3n) is 4.30. The summed E-state index contributed by atoms with van der Waals surface area (Å²) in [6.07, 6.45) is 10.2. The first kappa shape index (κ1) is 21.3. The van der Waals surface area contributed by atoms with Crippen LogP contribution in [0.5, 0.6) is 0 Å². The highest BCUT2D eigenvalue weighted by Gasteiger charge is 2.15. The van der Waals surface area contributed by atoms with Gasteiger partial charge in [-0.3, -0.25) is 4.79 Å². The van der Waals surface area contributed by atoms with Crippen molar-refractivity contribution in [3.8, 4) is 36.1 Å². The van der Waals surface area contributed by atoms with Gasteiger partial charge in [-0.2, -0.15) is 0 Å². The minimum absolute atomic E-state index is 0.148. The molecule has 4 aromatic rings. The van der Waals surface area contributed by atoms with E-state index in [4.69, 9.17) is 10.2 Å². The number of aromatic nitrogens is 4. The predicted octanol–water partition coefficient (Wildman–Crippen LogP) is 2.37. The number of amides is 1. The van der Waals surface area contributed by atoms with Crippen LogP contribution in [0.1, 0.15) is 33.8 Å². The summed E-state index contributed by atoms with van der Waals surface area (Å²) in [5.41, 5.74) is 7.58. The number of aliphatic hydroxyl groups is 1. The van der Waals surface area contributed by atoms with E-state index in [1.807, 2.05) is 13.1 Å². The minimum Gasteiger partial charge on any atom is -0.442 e. The molecule has 8 heteroatoms. The van der Waals surface area contributed by atoms with Crippen LogP contribution < -0.4 is 5.73 Å². The molecule has 3 heterocycles. The molecule has 0 bridgehead atoms. The number of carbonyl (C=O) groups is 1. The molecule has 0 fully saturated rings. The van der Waals surface area contributed by atoms with E-state index in [1.165, 1.54) is 6.20 Å². The second-order valence-electron chi connectivity index (χ2n) is 6.49. The van der Waals surface area contributed by atoms with Gasteiger partial charge in [0.05, 0.1) is 11.6 Å². The third-order valence-corrected chi connectivity index (χ3v) is 4.30. The molecule has 0 unspecified atom stereocenters. The fourth-order valence-corrected chi connectivity index (χ4v) is 2.90. The molecule has 0 saturated heterocycles. The number of terminal acetylenes is 1. The molecule has 0 radical (unpaired) electrons. The molecule has 0 aliphatic heterocycles. The maximum absolute atomic E-state index is 11.8. The molecule has 0 aliphatic rings. The molecular formula is C23H19N5O3. The summed E-state index contributed by atoms with van der Waals surface area (Å²) >= 11 is 0. The molecule has 4 rings (SSSR count). The molecular weight excluding hydrogens is 394 g/mol. The van der Waals surface area contributed by atoms with Crippen molar-refractivity contribution in [2.24, 2.45) is 12.8 Å². The minimum atomic E-state index is -1.13. The Kier molecular flexibility index (Phi) is 6.15. The molecule has 3 N–H and O–H groups in total. The van der Waals surface area contributed by atoms with Crippen LogP contribution in [0.3, 0.4) is 0 Å². The highest BCUT2D eigenvalue weighted by Crippen LogP contribution is 2.23. The number of carbonyl (C=O) groups excluding carboxylic acids is 1. The Labute approximate surface area is 178 Å². The molecule has 0 spiro atoms. The molecule has 3 aromatic heterocycles. The van der Waals surface area contributed by atoms with Crippen molar-refractivity contribution in [1.82, 2.24) is 19.5 Å². The summed E-state index contributed by atoms with van der Waals surface area (Å²) in [5.74, 6) is 6.08. The Morgan fingerprint density at radius 3 is 2.74 bits per heavy atom. The van der Waals surface area contributed by atoms with E-state index in [0.717, 1.165) is 0 Å². The van der Waals surface area contributed by atoms with E-state index in [9.17, 15) is 9.90 Å². The molecule has 31 heavy (non-hydrogen) atoms.